The third-order valence-electron chi connectivity index (χ3n) is 1.91. The molecule has 1 heterocycles. The number of rotatable bonds is 1. The van der Waals surface area contributed by atoms with Gasteiger partial charge in [0.15, 0.2) is 5.62 Å². The first kappa shape index (κ1) is 10.6. The van der Waals surface area contributed by atoms with E-state index in [2.05, 4.69) is 5.92 Å². The molecule has 0 amide bonds. The summed E-state index contributed by atoms with van der Waals surface area (Å²) >= 11 is 7.01. The van der Waals surface area contributed by atoms with Gasteiger partial charge >= 0.3 is 0 Å². The fourth-order valence-corrected chi connectivity index (χ4v) is 4.72. The largest absolute Gasteiger partial charge is 0.330 e. The molecule has 2 unspecified atom stereocenters. The van der Waals surface area contributed by atoms with Gasteiger partial charge in [-0.1, -0.05) is 17.3 Å². The van der Waals surface area contributed by atoms with E-state index in [4.69, 9.17) is 22.8 Å². The second-order valence-electron chi connectivity index (χ2n) is 2.53. The minimum Gasteiger partial charge on any atom is -0.330 e. The molecule has 0 radical (unpaired) electrons. The van der Waals surface area contributed by atoms with Crippen LogP contribution in [0.4, 0.5) is 0 Å². The molecule has 0 aromatic heterocycles. The zero-order chi connectivity index (χ0) is 9.19. The van der Waals surface area contributed by atoms with Crippen LogP contribution in [0.15, 0.2) is 0 Å². The quantitative estimate of drug-likeness (QED) is 0.495. The Bertz CT molecular complexity index is 250. The summed E-state index contributed by atoms with van der Waals surface area (Å²) in [5, 5.41) is 0. The molecule has 1 fully saturated rings. The van der Waals surface area contributed by atoms with Gasteiger partial charge in [-0.15, -0.1) is 6.42 Å². The van der Waals surface area contributed by atoms with Crippen LogP contribution in [-0.2, 0) is 16.3 Å². The van der Waals surface area contributed by atoms with Gasteiger partial charge in [0.25, 0.3) is 0 Å². The van der Waals surface area contributed by atoms with Crippen molar-refractivity contribution in [2.24, 2.45) is 0 Å². The predicted molar refractivity (Wildman–Crippen MR) is 58.8 cm³/mol. The highest BCUT2D eigenvalue weighted by Gasteiger charge is 2.32. The molecule has 2 atom stereocenters. The van der Waals surface area contributed by atoms with Crippen molar-refractivity contribution in [2.75, 3.05) is 19.9 Å². The van der Waals surface area contributed by atoms with Crippen molar-refractivity contribution in [3.8, 4) is 12.3 Å². The van der Waals surface area contributed by atoms with Gasteiger partial charge in [0, 0.05) is 0 Å². The Balaban J connectivity index is 2.80. The van der Waals surface area contributed by atoms with E-state index in [-0.39, 0.29) is 6.04 Å². The Labute approximate surface area is 82.9 Å². The lowest BCUT2D eigenvalue weighted by atomic mass is 10.2. The van der Waals surface area contributed by atoms with E-state index >= 15 is 0 Å². The summed E-state index contributed by atoms with van der Waals surface area (Å²) < 4.78 is 7.62. The number of hydrogen-bond donors (Lipinski definition) is 0. The lowest BCUT2D eigenvalue weighted by molar-refractivity contribution is 0.242. The van der Waals surface area contributed by atoms with Crippen molar-refractivity contribution in [2.45, 2.75) is 12.5 Å². The first-order valence-corrected chi connectivity index (χ1v) is 8.14. The molecule has 2 nitrogen and oxygen atoms in total. The van der Waals surface area contributed by atoms with Gasteiger partial charge in [-0.05, 0) is 31.5 Å². The third kappa shape index (κ3) is 1.86. The zero-order valence-electron chi connectivity index (χ0n) is 7.19. The van der Waals surface area contributed by atoms with E-state index in [0.717, 1.165) is 6.42 Å². The molecular formula is C7H12NOPS2. The Morgan fingerprint density at radius 2 is 2.50 bits per heavy atom. The van der Waals surface area contributed by atoms with Crippen LogP contribution in [0.2, 0.25) is 0 Å². The highest BCUT2D eigenvalue weighted by molar-refractivity contribution is 8.68. The number of nitrogens with zero attached hydrogens (tertiary/aromatic N) is 1. The summed E-state index contributed by atoms with van der Waals surface area (Å²) in [5.74, 6) is 2.74. The average molecular weight is 221 g/mol. The van der Waals surface area contributed by atoms with Gasteiger partial charge < -0.3 is 4.52 Å². The van der Waals surface area contributed by atoms with Crippen molar-refractivity contribution in [3.63, 3.8) is 0 Å². The van der Waals surface area contributed by atoms with E-state index < -0.39 is 5.62 Å². The van der Waals surface area contributed by atoms with E-state index in [1.165, 1.54) is 0 Å². The van der Waals surface area contributed by atoms with E-state index in [1.54, 1.807) is 11.4 Å². The first-order chi connectivity index (χ1) is 5.64. The normalized spacial score (nSPS) is 37.6. The highest BCUT2D eigenvalue weighted by atomic mass is 32.9. The van der Waals surface area contributed by atoms with Gasteiger partial charge in [-0.25, -0.2) is 4.67 Å². The molecule has 5 heteroatoms. The van der Waals surface area contributed by atoms with Gasteiger partial charge in [-0.3, -0.25) is 0 Å². The van der Waals surface area contributed by atoms with Crippen LogP contribution >= 0.6 is 17.0 Å². The van der Waals surface area contributed by atoms with Crippen LogP contribution in [0, 0.1) is 12.3 Å². The molecule has 0 aromatic rings. The second kappa shape index (κ2) is 4.13. The summed E-state index contributed by atoms with van der Waals surface area (Å²) in [6.07, 6.45) is 8.26. The molecule has 1 rings (SSSR count). The molecule has 0 bridgehead atoms. The molecule has 0 saturated carbocycles. The standard InChI is InChI=1S/C7H12NOPS2/c1-4-7-5-6-9-10(11,12-3)8(7)2/h1,7H,5-6H2,2-3H3. The monoisotopic (exact) mass is 221 g/mol. The van der Waals surface area contributed by atoms with Crippen LogP contribution in [-0.4, -0.2) is 30.6 Å². The first-order valence-electron chi connectivity index (χ1n) is 3.64. The molecule has 12 heavy (non-hydrogen) atoms. The molecule has 68 valence electrons. The maximum Gasteiger partial charge on any atom is 0.189 e. The van der Waals surface area contributed by atoms with Gasteiger partial charge in [0.1, 0.15) is 0 Å². The second-order valence-corrected chi connectivity index (χ2v) is 9.48. The minimum absolute atomic E-state index is 0.164. The van der Waals surface area contributed by atoms with Crippen molar-refractivity contribution in [1.29, 1.82) is 0 Å². The van der Waals surface area contributed by atoms with Gasteiger partial charge in [-0.2, -0.15) is 0 Å². The smallest absolute Gasteiger partial charge is 0.189 e. The molecule has 0 N–H and O–H groups in total. The fraction of sp³-hybridized carbons (Fsp3) is 0.714. The van der Waals surface area contributed by atoms with Crippen LogP contribution in [0.3, 0.4) is 0 Å². The topological polar surface area (TPSA) is 12.5 Å². The Morgan fingerprint density at radius 3 is 3.00 bits per heavy atom. The van der Waals surface area contributed by atoms with Crippen molar-refractivity contribution >= 4 is 28.8 Å². The van der Waals surface area contributed by atoms with Crippen molar-refractivity contribution in [1.82, 2.24) is 4.67 Å². The third-order valence-corrected chi connectivity index (χ3v) is 8.83. The maximum absolute atomic E-state index is 5.58. The van der Waals surface area contributed by atoms with E-state index in [9.17, 15) is 0 Å². The summed E-state index contributed by atoms with van der Waals surface area (Å²) in [5.41, 5.74) is -1.82. The number of hydrogen-bond acceptors (Lipinski definition) is 3. The lowest BCUT2D eigenvalue weighted by Crippen LogP contribution is -2.32. The lowest BCUT2D eigenvalue weighted by Gasteiger charge is -2.38. The van der Waals surface area contributed by atoms with E-state index in [0.29, 0.717) is 6.61 Å². The average Bonchev–Trinajstić information content (AvgIpc) is 2.10. The molecule has 0 aromatic carbocycles. The van der Waals surface area contributed by atoms with Gasteiger partial charge in [0.05, 0.1) is 12.6 Å². The molecule has 1 saturated heterocycles. The van der Waals surface area contributed by atoms with Crippen LogP contribution in [0.1, 0.15) is 6.42 Å². The van der Waals surface area contributed by atoms with E-state index in [1.807, 2.05) is 18.0 Å². The van der Waals surface area contributed by atoms with Crippen LogP contribution in [0.5, 0.6) is 0 Å². The highest BCUT2D eigenvalue weighted by Crippen LogP contribution is 2.63. The Morgan fingerprint density at radius 1 is 1.83 bits per heavy atom. The molecule has 0 spiro atoms. The molecule has 1 aliphatic rings. The zero-order valence-corrected chi connectivity index (χ0v) is 9.72. The summed E-state index contributed by atoms with van der Waals surface area (Å²) in [7, 11) is 1.96. The van der Waals surface area contributed by atoms with Gasteiger partial charge in [0.2, 0.25) is 0 Å². The van der Waals surface area contributed by atoms with Crippen LogP contribution in [0.25, 0.3) is 0 Å². The maximum atomic E-state index is 5.58. The summed E-state index contributed by atoms with van der Waals surface area (Å²) in [6.45, 7) is 0.706. The summed E-state index contributed by atoms with van der Waals surface area (Å²) in [6, 6.07) is 0.164. The molecule has 1 aliphatic heterocycles. The minimum atomic E-state index is -1.82. The van der Waals surface area contributed by atoms with Crippen molar-refractivity contribution in [3.05, 3.63) is 0 Å². The summed E-state index contributed by atoms with van der Waals surface area (Å²) in [4.78, 5) is 0. The molecular weight excluding hydrogens is 209 g/mol. The predicted octanol–water partition coefficient (Wildman–Crippen LogP) is 1.93. The Hall–Kier alpha value is 0.480. The fourth-order valence-electron chi connectivity index (χ4n) is 1.10. The van der Waals surface area contributed by atoms with Crippen LogP contribution < -0.4 is 0 Å². The SMILES string of the molecule is C#CC1CCOP(=S)(SC)N1C. The molecule has 0 aliphatic carbocycles. The number of terminal acetylenes is 1. The Kier molecular flexibility index (Phi) is 3.63. The van der Waals surface area contributed by atoms with Crippen molar-refractivity contribution < 1.29 is 4.52 Å².